The van der Waals surface area contributed by atoms with Crippen LogP contribution < -0.4 is 5.32 Å². The molecule has 0 bridgehead atoms. The summed E-state index contributed by atoms with van der Waals surface area (Å²) in [6.07, 6.45) is 3.28. The zero-order chi connectivity index (χ0) is 16.9. The van der Waals surface area contributed by atoms with Crippen LogP contribution in [0.15, 0.2) is 42.6 Å². The Hall–Kier alpha value is -2.04. The second-order valence-electron chi connectivity index (χ2n) is 6.05. The minimum absolute atomic E-state index is 0.114. The first-order valence-corrected chi connectivity index (χ1v) is 8.29. The third-order valence-corrected chi connectivity index (χ3v) is 5.07. The van der Waals surface area contributed by atoms with E-state index in [-0.39, 0.29) is 11.7 Å². The van der Waals surface area contributed by atoms with Crippen molar-refractivity contribution in [2.45, 2.75) is 18.3 Å². The SMILES string of the molecule is O=C(Nc1ccc(Cl)cc1Cl)C1(c2c[nH]c3cc(F)ccc23)CC1. The van der Waals surface area contributed by atoms with E-state index in [0.29, 0.717) is 21.2 Å². The van der Waals surface area contributed by atoms with Crippen molar-refractivity contribution in [2.24, 2.45) is 0 Å². The van der Waals surface area contributed by atoms with Crippen molar-refractivity contribution >= 4 is 45.7 Å². The monoisotopic (exact) mass is 362 g/mol. The molecule has 0 unspecified atom stereocenters. The van der Waals surface area contributed by atoms with Gasteiger partial charge in [0.2, 0.25) is 5.91 Å². The summed E-state index contributed by atoms with van der Waals surface area (Å²) >= 11 is 12.0. The molecule has 1 aromatic heterocycles. The van der Waals surface area contributed by atoms with Gasteiger partial charge >= 0.3 is 0 Å². The number of amides is 1. The fraction of sp³-hybridized carbons (Fsp3) is 0.167. The number of carbonyl (C=O) groups excluding carboxylic acids is 1. The quantitative estimate of drug-likeness (QED) is 0.653. The van der Waals surface area contributed by atoms with Gasteiger partial charge in [0.1, 0.15) is 5.82 Å². The van der Waals surface area contributed by atoms with E-state index in [1.807, 2.05) is 0 Å². The molecule has 1 heterocycles. The minimum Gasteiger partial charge on any atom is -0.361 e. The Morgan fingerprint density at radius 1 is 1.17 bits per heavy atom. The molecule has 122 valence electrons. The molecule has 1 saturated carbocycles. The zero-order valence-corrected chi connectivity index (χ0v) is 14.0. The van der Waals surface area contributed by atoms with Crippen molar-refractivity contribution in [3.63, 3.8) is 0 Å². The molecule has 2 aromatic carbocycles. The number of anilines is 1. The summed E-state index contributed by atoms with van der Waals surface area (Å²) in [5, 5.41) is 4.66. The van der Waals surface area contributed by atoms with Gasteiger partial charge in [0.05, 0.1) is 16.1 Å². The summed E-state index contributed by atoms with van der Waals surface area (Å²) in [4.78, 5) is 15.9. The van der Waals surface area contributed by atoms with Gasteiger partial charge in [0.25, 0.3) is 0 Å². The molecule has 6 heteroatoms. The van der Waals surface area contributed by atoms with Crippen LogP contribution in [0.1, 0.15) is 18.4 Å². The predicted molar refractivity (Wildman–Crippen MR) is 94.3 cm³/mol. The Bertz CT molecular complexity index is 963. The Labute approximate surface area is 147 Å². The number of hydrogen-bond acceptors (Lipinski definition) is 1. The average Bonchev–Trinajstić information content (AvgIpc) is 3.24. The maximum absolute atomic E-state index is 13.4. The predicted octanol–water partition coefficient (Wildman–Crippen LogP) is 5.28. The molecule has 1 aliphatic carbocycles. The van der Waals surface area contributed by atoms with Gasteiger partial charge in [-0.1, -0.05) is 23.2 Å². The fourth-order valence-corrected chi connectivity index (χ4v) is 3.53. The molecule has 1 fully saturated rings. The summed E-state index contributed by atoms with van der Waals surface area (Å²) in [6, 6.07) is 9.50. The topological polar surface area (TPSA) is 44.9 Å². The number of aromatic nitrogens is 1. The maximum atomic E-state index is 13.4. The highest BCUT2D eigenvalue weighted by atomic mass is 35.5. The van der Waals surface area contributed by atoms with Crippen LogP contribution in [-0.4, -0.2) is 10.9 Å². The molecule has 0 atom stereocenters. The normalized spacial score (nSPS) is 15.5. The van der Waals surface area contributed by atoms with E-state index in [0.717, 1.165) is 23.8 Å². The van der Waals surface area contributed by atoms with E-state index in [4.69, 9.17) is 23.2 Å². The Morgan fingerprint density at radius 2 is 1.96 bits per heavy atom. The number of nitrogens with one attached hydrogen (secondary N) is 2. The summed E-state index contributed by atoms with van der Waals surface area (Å²) < 4.78 is 13.4. The molecular formula is C18H13Cl2FN2O. The van der Waals surface area contributed by atoms with Crippen molar-refractivity contribution in [3.8, 4) is 0 Å². The van der Waals surface area contributed by atoms with E-state index < -0.39 is 5.41 Å². The van der Waals surface area contributed by atoms with E-state index in [9.17, 15) is 9.18 Å². The molecule has 0 spiro atoms. The molecule has 3 aromatic rings. The largest absolute Gasteiger partial charge is 0.361 e. The fourth-order valence-electron chi connectivity index (χ4n) is 3.07. The van der Waals surface area contributed by atoms with Crippen LogP contribution in [0, 0.1) is 5.82 Å². The highest BCUT2D eigenvalue weighted by Crippen LogP contribution is 2.51. The molecule has 1 aliphatic rings. The lowest BCUT2D eigenvalue weighted by Crippen LogP contribution is -2.27. The third kappa shape index (κ3) is 2.46. The third-order valence-electron chi connectivity index (χ3n) is 4.52. The van der Waals surface area contributed by atoms with Crippen molar-refractivity contribution in [1.82, 2.24) is 4.98 Å². The number of carbonyl (C=O) groups is 1. The maximum Gasteiger partial charge on any atom is 0.235 e. The van der Waals surface area contributed by atoms with Gasteiger partial charge in [-0.05, 0) is 54.8 Å². The van der Waals surface area contributed by atoms with Crippen LogP contribution in [0.2, 0.25) is 10.0 Å². The average molecular weight is 363 g/mol. The van der Waals surface area contributed by atoms with Gasteiger partial charge in [-0.2, -0.15) is 0 Å². The number of fused-ring (bicyclic) bond motifs is 1. The van der Waals surface area contributed by atoms with Crippen molar-refractivity contribution in [3.05, 3.63) is 64.0 Å². The molecule has 0 aliphatic heterocycles. The lowest BCUT2D eigenvalue weighted by atomic mass is 9.94. The second-order valence-corrected chi connectivity index (χ2v) is 6.90. The second kappa shape index (κ2) is 5.50. The van der Waals surface area contributed by atoms with Crippen LogP contribution >= 0.6 is 23.2 Å². The standard InChI is InChI=1S/C18H13Cl2FN2O/c19-10-1-4-15(14(20)7-10)23-17(24)18(5-6-18)13-9-22-16-8-11(21)2-3-12(13)16/h1-4,7-9,22H,5-6H2,(H,23,24). The number of hydrogen-bond donors (Lipinski definition) is 2. The Kier molecular flexibility index (Phi) is 3.55. The van der Waals surface area contributed by atoms with E-state index in [1.165, 1.54) is 12.1 Å². The van der Waals surface area contributed by atoms with E-state index in [2.05, 4.69) is 10.3 Å². The number of benzene rings is 2. The molecule has 2 N–H and O–H groups in total. The highest BCUT2D eigenvalue weighted by molar-refractivity contribution is 6.36. The van der Waals surface area contributed by atoms with Gasteiger partial charge in [0.15, 0.2) is 0 Å². The first-order valence-electron chi connectivity index (χ1n) is 7.53. The first-order chi connectivity index (χ1) is 11.5. The van der Waals surface area contributed by atoms with Crippen LogP contribution in [0.25, 0.3) is 10.9 Å². The smallest absolute Gasteiger partial charge is 0.235 e. The molecule has 1 amide bonds. The molecule has 0 radical (unpaired) electrons. The molecule has 3 nitrogen and oxygen atoms in total. The lowest BCUT2D eigenvalue weighted by molar-refractivity contribution is -0.118. The lowest BCUT2D eigenvalue weighted by Gasteiger charge is -2.16. The van der Waals surface area contributed by atoms with Gasteiger partial charge < -0.3 is 10.3 Å². The van der Waals surface area contributed by atoms with Gasteiger partial charge in [-0.25, -0.2) is 4.39 Å². The van der Waals surface area contributed by atoms with Crippen LogP contribution in [0.5, 0.6) is 0 Å². The summed E-state index contributed by atoms with van der Waals surface area (Å²) in [5.41, 5.74) is 1.51. The summed E-state index contributed by atoms with van der Waals surface area (Å²) in [7, 11) is 0. The molecule has 0 saturated heterocycles. The highest BCUT2D eigenvalue weighted by Gasteiger charge is 2.52. The van der Waals surface area contributed by atoms with Crippen LogP contribution in [0.4, 0.5) is 10.1 Å². The van der Waals surface area contributed by atoms with Crippen molar-refractivity contribution in [2.75, 3.05) is 5.32 Å². The molecule has 4 rings (SSSR count). The zero-order valence-electron chi connectivity index (χ0n) is 12.5. The summed E-state index contributed by atoms with van der Waals surface area (Å²) in [5.74, 6) is -0.421. The number of H-pyrrole nitrogens is 1. The van der Waals surface area contributed by atoms with Gasteiger partial charge in [-0.15, -0.1) is 0 Å². The first kappa shape index (κ1) is 15.5. The van der Waals surface area contributed by atoms with Crippen LogP contribution in [-0.2, 0) is 10.2 Å². The number of halogens is 3. The summed E-state index contributed by atoms with van der Waals surface area (Å²) in [6.45, 7) is 0. The van der Waals surface area contributed by atoms with E-state index >= 15 is 0 Å². The Morgan fingerprint density at radius 3 is 2.67 bits per heavy atom. The van der Waals surface area contributed by atoms with Crippen molar-refractivity contribution in [1.29, 1.82) is 0 Å². The van der Waals surface area contributed by atoms with Gasteiger partial charge in [0, 0.05) is 22.1 Å². The number of aromatic amines is 1. The molecular weight excluding hydrogens is 350 g/mol. The Balaban J connectivity index is 1.68. The number of rotatable bonds is 3. The van der Waals surface area contributed by atoms with Crippen molar-refractivity contribution < 1.29 is 9.18 Å². The van der Waals surface area contributed by atoms with Crippen LogP contribution in [0.3, 0.4) is 0 Å². The van der Waals surface area contributed by atoms with E-state index in [1.54, 1.807) is 30.5 Å². The molecule has 24 heavy (non-hydrogen) atoms. The van der Waals surface area contributed by atoms with Gasteiger partial charge in [-0.3, -0.25) is 4.79 Å². The minimum atomic E-state index is -0.598.